The Hall–Kier alpha value is -2.24. The van der Waals surface area contributed by atoms with E-state index in [9.17, 15) is 9.18 Å². The summed E-state index contributed by atoms with van der Waals surface area (Å²) in [5.41, 5.74) is 2.86. The van der Waals surface area contributed by atoms with Crippen molar-refractivity contribution in [2.24, 2.45) is 0 Å². The maximum absolute atomic E-state index is 13.2. The van der Waals surface area contributed by atoms with Crippen LogP contribution in [0.2, 0.25) is 5.02 Å². The lowest BCUT2D eigenvalue weighted by molar-refractivity contribution is -0.146. The van der Waals surface area contributed by atoms with E-state index >= 15 is 0 Å². The van der Waals surface area contributed by atoms with Gasteiger partial charge in [0, 0.05) is 10.6 Å². The van der Waals surface area contributed by atoms with E-state index in [4.69, 9.17) is 33.3 Å². The Kier molecular flexibility index (Phi) is 4.74. The third kappa shape index (κ3) is 3.15. The van der Waals surface area contributed by atoms with Crippen molar-refractivity contribution in [2.45, 2.75) is 31.3 Å². The topological polar surface area (TPSA) is 35.5 Å². The highest BCUT2D eigenvalue weighted by molar-refractivity contribution is 7.78. The van der Waals surface area contributed by atoms with Gasteiger partial charge in [-0.15, -0.1) is 0 Å². The van der Waals surface area contributed by atoms with Gasteiger partial charge in [-0.2, -0.15) is 0 Å². The Labute approximate surface area is 166 Å². The average molecular weight is 403 g/mol. The number of ether oxygens (including phenoxy) is 2. The molecule has 1 aliphatic heterocycles. The minimum absolute atomic E-state index is 0.310. The Morgan fingerprint density at radius 1 is 1.11 bits per heavy atom. The highest BCUT2D eigenvalue weighted by Gasteiger charge is 2.51. The molecule has 2 aromatic carbocycles. The molecule has 6 heteroatoms. The van der Waals surface area contributed by atoms with E-state index in [1.807, 2.05) is 6.07 Å². The van der Waals surface area contributed by atoms with E-state index < -0.39 is 11.6 Å². The molecule has 0 amide bonds. The molecule has 4 rings (SSSR count). The first-order valence-corrected chi connectivity index (χ1v) is 9.53. The molecular formula is C21H16ClFO3S. The summed E-state index contributed by atoms with van der Waals surface area (Å²) < 4.78 is 24.6. The van der Waals surface area contributed by atoms with Crippen LogP contribution in [0.15, 0.2) is 48.2 Å². The van der Waals surface area contributed by atoms with Crippen LogP contribution in [0, 0.1) is 5.82 Å². The van der Waals surface area contributed by atoms with Crippen molar-refractivity contribution in [3.05, 3.63) is 64.6 Å². The summed E-state index contributed by atoms with van der Waals surface area (Å²) >= 11 is 11.3. The highest BCUT2D eigenvalue weighted by atomic mass is 35.5. The number of halogens is 2. The highest BCUT2D eigenvalue weighted by Crippen LogP contribution is 2.49. The smallest absolute Gasteiger partial charge is 0.343 e. The molecule has 0 saturated heterocycles. The summed E-state index contributed by atoms with van der Waals surface area (Å²) in [5.74, 6) is -0.324. The summed E-state index contributed by atoms with van der Waals surface area (Å²) in [6.07, 6.45) is 3.31. The van der Waals surface area contributed by atoms with E-state index in [1.165, 1.54) is 12.1 Å². The van der Waals surface area contributed by atoms with Gasteiger partial charge < -0.3 is 9.47 Å². The molecule has 0 radical (unpaired) electrons. The summed E-state index contributed by atoms with van der Waals surface area (Å²) in [6.45, 7) is 0. The van der Waals surface area contributed by atoms with Gasteiger partial charge in [0.1, 0.15) is 11.4 Å². The first-order chi connectivity index (χ1) is 13.0. The van der Waals surface area contributed by atoms with Gasteiger partial charge in [-0.05, 0) is 73.3 Å². The van der Waals surface area contributed by atoms with Crippen molar-refractivity contribution < 1.29 is 18.7 Å². The van der Waals surface area contributed by atoms with Crippen molar-refractivity contribution in [3.8, 4) is 11.1 Å². The Morgan fingerprint density at radius 3 is 2.44 bits per heavy atom. The predicted octanol–water partition coefficient (Wildman–Crippen LogP) is 5.70. The number of esters is 1. The molecule has 0 aromatic heterocycles. The fourth-order valence-corrected chi connectivity index (χ4v) is 4.16. The molecule has 0 bridgehead atoms. The lowest BCUT2D eigenvalue weighted by Gasteiger charge is -2.23. The molecule has 2 aliphatic rings. The van der Waals surface area contributed by atoms with E-state index in [2.05, 4.69) is 0 Å². The summed E-state index contributed by atoms with van der Waals surface area (Å²) in [7, 11) is 0. The van der Waals surface area contributed by atoms with Gasteiger partial charge in [-0.25, -0.2) is 9.18 Å². The molecule has 27 heavy (non-hydrogen) atoms. The largest absolute Gasteiger partial charge is 0.453 e. The monoisotopic (exact) mass is 402 g/mol. The fraction of sp³-hybridized carbons (Fsp3) is 0.238. The SMILES string of the molecule is O=C1OC2(CCCC2)C(OC=S)=C1c1cc(-c2ccc(F)cc2)ccc1Cl. The molecule has 2 aromatic rings. The minimum Gasteiger partial charge on any atom is -0.453 e. The zero-order valence-corrected chi connectivity index (χ0v) is 15.9. The van der Waals surface area contributed by atoms with Crippen LogP contribution in [0.25, 0.3) is 16.7 Å². The molecular weight excluding hydrogens is 387 g/mol. The third-order valence-electron chi connectivity index (χ3n) is 5.12. The number of carbonyl (C=O) groups is 1. The molecule has 1 saturated carbocycles. The standard InChI is InChI=1S/C21H16ClFO3S/c22-17-8-5-14(13-3-6-15(23)7-4-13)11-16(17)18-19(25-12-27)21(26-20(18)24)9-1-2-10-21/h3-8,11-12H,1-2,9-10H2. The molecule has 0 unspecified atom stereocenters. The van der Waals surface area contributed by atoms with Crippen molar-refractivity contribution in [3.63, 3.8) is 0 Å². The Morgan fingerprint density at radius 2 is 1.78 bits per heavy atom. The first kappa shape index (κ1) is 18.1. The first-order valence-electron chi connectivity index (χ1n) is 8.68. The number of thiocarbonyl (C=S) groups is 1. The number of rotatable bonds is 4. The van der Waals surface area contributed by atoms with E-state index in [1.54, 1.807) is 24.3 Å². The second-order valence-electron chi connectivity index (χ2n) is 6.71. The number of hydrogen-bond donors (Lipinski definition) is 0. The van der Waals surface area contributed by atoms with Crippen molar-refractivity contribution >= 4 is 40.9 Å². The third-order valence-corrected chi connectivity index (χ3v) is 5.55. The quantitative estimate of drug-likeness (QED) is 0.485. The summed E-state index contributed by atoms with van der Waals surface area (Å²) in [6, 6.07) is 11.5. The van der Waals surface area contributed by atoms with E-state index in [0.717, 1.165) is 29.5 Å². The minimum atomic E-state index is -0.753. The number of benzene rings is 2. The van der Waals surface area contributed by atoms with Gasteiger partial charge in [0.25, 0.3) is 0 Å². The second kappa shape index (κ2) is 7.06. The van der Waals surface area contributed by atoms with Gasteiger partial charge in [-0.3, -0.25) is 0 Å². The van der Waals surface area contributed by atoms with Crippen LogP contribution >= 0.6 is 23.8 Å². The van der Waals surface area contributed by atoms with Gasteiger partial charge in [0.05, 0.1) is 0 Å². The molecule has 0 N–H and O–H groups in total. The zero-order valence-electron chi connectivity index (χ0n) is 14.3. The normalized spacial score (nSPS) is 18.1. The Balaban J connectivity index is 1.86. The molecule has 1 aliphatic carbocycles. The second-order valence-corrected chi connectivity index (χ2v) is 7.31. The van der Waals surface area contributed by atoms with Gasteiger partial charge in [0.15, 0.2) is 16.9 Å². The Bertz CT molecular complexity index is 946. The van der Waals surface area contributed by atoms with Crippen LogP contribution < -0.4 is 0 Å². The molecule has 1 fully saturated rings. The average Bonchev–Trinajstić information content (AvgIpc) is 3.22. The van der Waals surface area contributed by atoms with Crippen LogP contribution in [-0.2, 0) is 14.3 Å². The molecule has 1 spiro atoms. The molecule has 0 atom stereocenters. The number of hydrogen-bond acceptors (Lipinski definition) is 4. The lowest BCUT2D eigenvalue weighted by atomic mass is 9.93. The summed E-state index contributed by atoms with van der Waals surface area (Å²) in [4.78, 5) is 12.7. The van der Waals surface area contributed by atoms with Crippen LogP contribution in [-0.4, -0.2) is 17.1 Å². The molecule has 3 nitrogen and oxygen atoms in total. The lowest BCUT2D eigenvalue weighted by Crippen LogP contribution is -2.29. The number of carbonyl (C=O) groups excluding carboxylic acids is 1. The maximum atomic E-state index is 13.2. The molecule has 138 valence electrons. The zero-order chi connectivity index (χ0) is 19.0. The van der Waals surface area contributed by atoms with Crippen molar-refractivity contribution in [2.75, 3.05) is 0 Å². The van der Waals surface area contributed by atoms with Gasteiger partial charge in [0.2, 0.25) is 0 Å². The van der Waals surface area contributed by atoms with Gasteiger partial charge >= 0.3 is 5.97 Å². The van der Waals surface area contributed by atoms with Crippen molar-refractivity contribution in [1.82, 2.24) is 0 Å². The van der Waals surface area contributed by atoms with Gasteiger partial charge in [-0.1, -0.05) is 29.8 Å². The van der Waals surface area contributed by atoms with Crippen LogP contribution in [0.1, 0.15) is 31.2 Å². The fourth-order valence-electron chi connectivity index (χ4n) is 3.86. The molecule has 1 heterocycles. The van der Waals surface area contributed by atoms with Crippen LogP contribution in [0.4, 0.5) is 4.39 Å². The summed E-state index contributed by atoms with van der Waals surface area (Å²) in [5, 5.41) is 0.410. The van der Waals surface area contributed by atoms with E-state index in [-0.39, 0.29) is 5.82 Å². The van der Waals surface area contributed by atoms with E-state index in [0.29, 0.717) is 34.8 Å². The van der Waals surface area contributed by atoms with Crippen LogP contribution in [0.3, 0.4) is 0 Å². The maximum Gasteiger partial charge on any atom is 0.343 e. The van der Waals surface area contributed by atoms with Crippen LogP contribution in [0.5, 0.6) is 0 Å². The van der Waals surface area contributed by atoms with Crippen molar-refractivity contribution in [1.29, 1.82) is 0 Å². The predicted molar refractivity (Wildman–Crippen MR) is 106 cm³/mol.